The number of nitrogens with zero attached hydrogens (tertiary/aromatic N) is 4. The zero-order chi connectivity index (χ0) is 22.1. The molecule has 0 unspecified atom stereocenters. The molecule has 2 heterocycles. The van der Waals surface area contributed by atoms with Crippen molar-refractivity contribution in [1.29, 1.82) is 0 Å². The Morgan fingerprint density at radius 2 is 1.84 bits per heavy atom. The Morgan fingerprint density at radius 1 is 1.03 bits per heavy atom. The summed E-state index contributed by atoms with van der Waals surface area (Å²) in [6, 6.07) is 20.0. The molecule has 0 bridgehead atoms. The Morgan fingerprint density at radius 3 is 2.59 bits per heavy atom. The van der Waals surface area contributed by atoms with Crippen LogP contribution in [-0.4, -0.2) is 29.6 Å². The number of aromatic nitrogens is 2. The number of nitrogens with two attached hydrogens (primary N) is 1. The van der Waals surface area contributed by atoms with E-state index in [1.54, 1.807) is 6.20 Å². The van der Waals surface area contributed by atoms with Gasteiger partial charge in [-0.1, -0.05) is 30.3 Å². The summed E-state index contributed by atoms with van der Waals surface area (Å²) in [5, 5.41) is 2.83. The summed E-state index contributed by atoms with van der Waals surface area (Å²) in [4.78, 5) is 16.4. The number of rotatable bonds is 5. The number of hydrogen-bond acceptors (Lipinski definition) is 6. The lowest BCUT2D eigenvalue weighted by Crippen LogP contribution is -2.29. The molecule has 0 spiro atoms. The summed E-state index contributed by atoms with van der Waals surface area (Å²) in [6.07, 6.45) is 1.74. The van der Waals surface area contributed by atoms with E-state index in [0.717, 1.165) is 57.3 Å². The molecule has 32 heavy (non-hydrogen) atoms. The van der Waals surface area contributed by atoms with Gasteiger partial charge in [-0.25, -0.2) is 15.0 Å². The Balaban J connectivity index is 1.80. The number of fused-ring (bicyclic) bond motifs is 4. The van der Waals surface area contributed by atoms with Crippen molar-refractivity contribution in [3.8, 4) is 11.5 Å². The topological polar surface area (TPSA) is 80.5 Å². The van der Waals surface area contributed by atoms with Crippen LogP contribution in [0.25, 0.3) is 33.3 Å². The molecule has 2 N–H and O–H groups in total. The lowest BCUT2D eigenvalue weighted by Gasteiger charge is -2.23. The zero-order valence-corrected chi connectivity index (χ0v) is 18.2. The number of likely N-dealkylation sites (N-methyl/N-ethyl adjacent to an activating group) is 1. The predicted molar refractivity (Wildman–Crippen MR) is 129 cm³/mol. The molecule has 2 aliphatic rings. The van der Waals surface area contributed by atoms with Crippen molar-refractivity contribution >= 4 is 33.4 Å². The summed E-state index contributed by atoms with van der Waals surface area (Å²) in [5.74, 6) is 1.36. The van der Waals surface area contributed by atoms with Crippen LogP contribution in [-0.2, 0) is 0 Å². The predicted octanol–water partition coefficient (Wildman–Crippen LogP) is 4.81. The molecule has 0 fully saturated rings. The Kier molecular flexibility index (Phi) is 5.29. The third-order valence-corrected chi connectivity index (χ3v) is 5.68. The van der Waals surface area contributed by atoms with Gasteiger partial charge in [-0.05, 0) is 37.6 Å². The fraction of sp³-hybridized carbons (Fsp3) is 0.192. The lowest BCUT2D eigenvalue weighted by molar-refractivity contribution is 0.613. The normalized spacial score (nSPS) is 12.2. The van der Waals surface area contributed by atoms with Gasteiger partial charge in [-0.2, -0.15) is 0 Å². The quantitative estimate of drug-likeness (QED) is 0.324. The highest BCUT2D eigenvalue weighted by atomic mass is 16.3. The van der Waals surface area contributed by atoms with Crippen LogP contribution in [0.15, 0.2) is 76.3 Å². The molecular formula is C26H25N5O. The third-order valence-electron chi connectivity index (χ3n) is 5.68. The largest absolute Gasteiger partial charge is 0.453 e. The highest BCUT2D eigenvalue weighted by Crippen LogP contribution is 2.33. The maximum Gasteiger partial charge on any atom is 0.155 e. The minimum absolute atomic E-state index is 0.600. The van der Waals surface area contributed by atoms with Crippen LogP contribution in [0.4, 0.5) is 11.5 Å². The van der Waals surface area contributed by atoms with Gasteiger partial charge in [0.25, 0.3) is 0 Å². The molecule has 5 rings (SSSR count). The maximum absolute atomic E-state index is 6.43. The van der Waals surface area contributed by atoms with E-state index in [1.807, 2.05) is 36.4 Å². The molecule has 6 heteroatoms. The van der Waals surface area contributed by atoms with Crippen molar-refractivity contribution in [3.63, 3.8) is 0 Å². The summed E-state index contributed by atoms with van der Waals surface area (Å²) in [5.41, 5.74) is 10.4. The average Bonchev–Trinajstić information content (AvgIpc) is 2.82. The number of hydrogen-bond donors (Lipinski definition) is 1. The first-order valence-corrected chi connectivity index (χ1v) is 10.9. The van der Waals surface area contributed by atoms with Gasteiger partial charge in [0.1, 0.15) is 11.2 Å². The summed E-state index contributed by atoms with van der Waals surface area (Å²) >= 11 is 0. The fourth-order valence-corrected chi connectivity index (χ4v) is 4.13. The van der Waals surface area contributed by atoms with Gasteiger partial charge in [-0.15, -0.1) is 0 Å². The van der Waals surface area contributed by atoms with Crippen molar-refractivity contribution in [2.75, 3.05) is 24.5 Å². The first-order chi connectivity index (χ1) is 15.7. The lowest BCUT2D eigenvalue weighted by atomic mass is 10.0. The first kappa shape index (κ1) is 20.2. The van der Waals surface area contributed by atoms with Gasteiger partial charge in [0.05, 0.1) is 5.36 Å². The molecule has 0 saturated carbocycles. The maximum atomic E-state index is 6.43. The van der Waals surface area contributed by atoms with E-state index in [2.05, 4.69) is 48.0 Å². The Hall–Kier alpha value is -3.77. The smallest absolute Gasteiger partial charge is 0.155 e. The van der Waals surface area contributed by atoms with Crippen molar-refractivity contribution in [3.05, 3.63) is 77.8 Å². The van der Waals surface area contributed by atoms with Crippen molar-refractivity contribution < 1.29 is 4.42 Å². The van der Waals surface area contributed by atoms with E-state index in [4.69, 9.17) is 20.1 Å². The van der Waals surface area contributed by atoms with Crippen LogP contribution in [0.5, 0.6) is 0 Å². The molecule has 3 aromatic rings. The molecule has 1 aromatic heterocycles. The van der Waals surface area contributed by atoms with Gasteiger partial charge >= 0.3 is 0 Å². The van der Waals surface area contributed by atoms with Gasteiger partial charge in [-0.3, -0.25) is 0 Å². The second-order valence-electron chi connectivity index (χ2n) is 7.78. The van der Waals surface area contributed by atoms with Gasteiger partial charge in [0, 0.05) is 54.4 Å². The van der Waals surface area contributed by atoms with Crippen LogP contribution in [0.1, 0.15) is 12.5 Å². The standard InChI is InChI=1S/C26H25N5O/c1-3-31(13-11-27)18-14-17(2)25-22(15-18)32-23-16-21(29-24-10-6-7-12-28-24)19-8-4-5-9-20(19)26(23)30-25/h4-10,12,14-16H,3,11,13,27H2,1-2H3. The van der Waals surface area contributed by atoms with E-state index in [-0.39, 0.29) is 0 Å². The van der Waals surface area contributed by atoms with Crippen molar-refractivity contribution in [1.82, 2.24) is 9.97 Å². The van der Waals surface area contributed by atoms with E-state index >= 15 is 0 Å². The van der Waals surface area contributed by atoms with Crippen LogP contribution in [0.2, 0.25) is 0 Å². The minimum atomic E-state index is 0.600. The molecule has 2 aromatic carbocycles. The van der Waals surface area contributed by atoms with Crippen molar-refractivity contribution in [2.24, 2.45) is 10.7 Å². The highest BCUT2D eigenvalue weighted by molar-refractivity contribution is 5.97. The molecular weight excluding hydrogens is 398 g/mol. The molecule has 0 saturated heterocycles. The summed E-state index contributed by atoms with van der Waals surface area (Å²) in [6.45, 7) is 6.47. The Bertz CT molecular complexity index is 1440. The molecule has 1 aliphatic carbocycles. The summed E-state index contributed by atoms with van der Waals surface area (Å²) in [7, 11) is 0. The van der Waals surface area contributed by atoms with E-state index in [0.29, 0.717) is 18.1 Å². The zero-order valence-electron chi connectivity index (χ0n) is 18.2. The van der Waals surface area contributed by atoms with Crippen LogP contribution in [0.3, 0.4) is 0 Å². The number of pyridine rings is 1. The molecule has 1 aliphatic heterocycles. The first-order valence-electron chi connectivity index (χ1n) is 10.9. The fourth-order valence-electron chi connectivity index (χ4n) is 4.13. The second-order valence-corrected chi connectivity index (χ2v) is 7.78. The summed E-state index contributed by atoms with van der Waals surface area (Å²) < 4.78 is 6.43. The SMILES string of the molecule is CCN(CCN)c1cc(C)c2nc3c4ccccc4c(=Nc4ccccn4)cc-3oc2c1. The highest BCUT2D eigenvalue weighted by Gasteiger charge is 2.17. The van der Waals surface area contributed by atoms with Crippen LogP contribution in [0, 0.1) is 6.92 Å². The molecule has 0 radical (unpaired) electrons. The second kappa shape index (κ2) is 8.40. The number of anilines is 1. The Labute approximate surface area is 186 Å². The van der Waals surface area contributed by atoms with Crippen LogP contribution >= 0.6 is 0 Å². The molecule has 6 nitrogen and oxygen atoms in total. The molecule has 0 atom stereocenters. The number of benzene rings is 3. The van der Waals surface area contributed by atoms with E-state index in [9.17, 15) is 0 Å². The number of aryl methyl sites for hydroxylation is 1. The van der Waals surface area contributed by atoms with Gasteiger partial charge < -0.3 is 15.1 Å². The monoisotopic (exact) mass is 423 g/mol. The third kappa shape index (κ3) is 3.59. The van der Waals surface area contributed by atoms with Gasteiger partial charge in [0.15, 0.2) is 17.2 Å². The average molecular weight is 424 g/mol. The van der Waals surface area contributed by atoms with E-state index in [1.165, 1.54) is 0 Å². The van der Waals surface area contributed by atoms with Crippen molar-refractivity contribution in [2.45, 2.75) is 13.8 Å². The van der Waals surface area contributed by atoms with Gasteiger partial charge in [0.2, 0.25) is 0 Å². The molecule has 0 amide bonds. The molecule has 160 valence electrons. The van der Waals surface area contributed by atoms with E-state index < -0.39 is 0 Å². The van der Waals surface area contributed by atoms with Crippen LogP contribution < -0.4 is 16.0 Å². The minimum Gasteiger partial charge on any atom is -0.453 e.